The predicted molar refractivity (Wildman–Crippen MR) is 83.6 cm³/mol. The second kappa shape index (κ2) is 6.83. The van der Waals surface area contributed by atoms with E-state index in [1.165, 1.54) is 17.0 Å². The molecule has 19 heavy (non-hydrogen) atoms. The monoisotopic (exact) mass is 274 g/mol. The quantitative estimate of drug-likeness (QED) is 0.861. The van der Waals surface area contributed by atoms with E-state index >= 15 is 0 Å². The van der Waals surface area contributed by atoms with Crippen molar-refractivity contribution in [1.29, 1.82) is 0 Å². The van der Waals surface area contributed by atoms with Crippen molar-refractivity contribution >= 4 is 11.3 Å². The third-order valence-corrected chi connectivity index (χ3v) is 4.08. The van der Waals surface area contributed by atoms with E-state index < -0.39 is 0 Å². The lowest BCUT2D eigenvalue weighted by Gasteiger charge is -2.16. The van der Waals surface area contributed by atoms with Crippen LogP contribution in [-0.2, 0) is 6.42 Å². The molecule has 0 aliphatic heterocycles. The van der Waals surface area contributed by atoms with Gasteiger partial charge in [-0.2, -0.15) is 0 Å². The van der Waals surface area contributed by atoms with Crippen molar-refractivity contribution in [2.24, 2.45) is 5.92 Å². The lowest BCUT2D eigenvalue weighted by Crippen LogP contribution is -2.29. The van der Waals surface area contributed by atoms with E-state index in [0.29, 0.717) is 12.0 Å². The Morgan fingerprint density at radius 3 is 2.58 bits per heavy atom. The Labute approximate surface area is 119 Å². The molecular weight excluding hydrogens is 252 g/mol. The van der Waals surface area contributed by atoms with Gasteiger partial charge in [-0.1, -0.05) is 44.2 Å². The minimum atomic E-state index is 0.523. The van der Waals surface area contributed by atoms with E-state index in [1.807, 2.05) is 13.1 Å². The number of thiazole rings is 1. The maximum atomic E-state index is 4.75. The van der Waals surface area contributed by atoms with E-state index in [-0.39, 0.29) is 0 Å². The maximum absolute atomic E-state index is 4.75. The third-order valence-electron chi connectivity index (χ3n) is 3.21. The summed E-state index contributed by atoms with van der Waals surface area (Å²) in [6.45, 7) is 4.53. The highest BCUT2D eigenvalue weighted by molar-refractivity contribution is 7.09. The summed E-state index contributed by atoms with van der Waals surface area (Å²) in [7, 11) is 2.04. The van der Waals surface area contributed by atoms with Gasteiger partial charge < -0.3 is 5.32 Å². The molecule has 2 rings (SSSR count). The average molecular weight is 274 g/mol. The zero-order valence-electron chi connectivity index (χ0n) is 11.9. The summed E-state index contributed by atoms with van der Waals surface area (Å²) in [5.41, 5.74) is 2.30. The number of nitrogens with zero attached hydrogens (tertiary/aromatic N) is 1. The average Bonchev–Trinajstić information content (AvgIpc) is 2.87. The molecule has 2 aromatic rings. The first-order valence-electron chi connectivity index (χ1n) is 6.86. The van der Waals surface area contributed by atoms with Gasteiger partial charge in [0.25, 0.3) is 0 Å². The van der Waals surface area contributed by atoms with Crippen LogP contribution in [0.5, 0.6) is 0 Å². The van der Waals surface area contributed by atoms with E-state index in [0.717, 1.165) is 12.1 Å². The highest BCUT2D eigenvalue weighted by Crippen LogP contribution is 2.23. The van der Waals surface area contributed by atoms with Crippen molar-refractivity contribution in [1.82, 2.24) is 10.3 Å². The molecule has 2 nitrogen and oxygen atoms in total. The summed E-state index contributed by atoms with van der Waals surface area (Å²) in [6.07, 6.45) is 2.21. The number of rotatable bonds is 6. The second-order valence-corrected chi connectivity index (χ2v) is 6.25. The Bertz CT molecular complexity index is 490. The molecule has 1 atom stereocenters. The highest BCUT2D eigenvalue weighted by Gasteiger charge is 2.12. The van der Waals surface area contributed by atoms with Crippen LogP contribution in [0.2, 0.25) is 0 Å². The van der Waals surface area contributed by atoms with Crippen LogP contribution >= 0.6 is 11.3 Å². The fourth-order valence-electron chi connectivity index (χ4n) is 2.23. The molecule has 0 radical (unpaired) electrons. The Hall–Kier alpha value is -1.19. The molecular formula is C16H22N2S. The summed E-state index contributed by atoms with van der Waals surface area (Å²) in [4.78, 5) is 4.75. The Kier molecular flexibility index (Phi) is 5.11. The minimum Gasteiger partial charge on any atom is -0.317 e. The van der Waals surface area contributed by atoms with Crippen LogP contribution in [0.3, 0.4) is 0 Å². The van der Waals surface area contributed by atoms with Gasteiger partial charge in [0.05, 0.1) is 10.7 Å². The van der Waals surface area contributed by atoms with Crippen LogP contribution in [0.1, 0.15) is 25.3 Å². The SMILES string of the molecule is CNC(Cc1nc(-c2ccccc2)cs1)CC(C)C. The first-order valence-corrected chi connectivity index (χ1v) is 7.74. The number of likely N-dealkylation sites (N-methyl/N-ethyl adjacent to an activating group) is 1. The smallest absolute Gasteiger partial charge is 0.0948 e. The third kappa shape index (κ3) is 4.15. The Balaban J connectivity index is 2.05. The van der Waals surface area contributed by atoms with Crippen molar-refractivity contribution in [3.8, 4) is 11.3 Å². The van der Waals surface area contributed by atoms with Gasteiger partial charge in [0, 0.05) is 23.4 Å². The van der Waals surface area contributed by atoms with E-state index in [2.05, 4.69) is 48.8 Å². The van der Waals surface area contributed by atoms with Gasteiger partial charge in [0.15, 0.2) is 0 Å². The van der Waals surface area contributed by atoms with Crippen molar-refractivity contribution in [3.05, 3.63) is 40.7 Å². The van der Waals surface area contributed by atoms with Crippen molar-refractivity contribution < 1.29 is 0 Å². The van der Waals surface area contributed by atoms with Gasteiger partial charge in [-0.25, -0.2) is 4.98 Å². The summed E-state index contributed by atoms with van der Waals surface area (Å²) in [5.74, 6) is 0.714. The first kappa shape index (κ1) is 14.2. The minimum absolute atomic E-state index is 0.523. The van der Waals surface area contributed by atoms with Gasteiger partial charge in [0.2, 0.25) is 0 Å². The molecule has 0 aliphatic carbocycles. The second-order valence-electron chi connectivity index (χ2n) is 5.31. The van der Waals surface area contributed by atoms with Crippen LogP contribution in [0.15, 0.2) is 35.7 Å². The number of benzene rings is 1. The molecule has 0 fully saturated rings. The fraction of sp³-hybridized carbons (Fsp3) is 0.438. The van der Waals surface area contributed by atoms with Gasteiger partial charge in [-0.3, -0.25) is 0 Å². The molecule has 0 amide bonds. The van der Waals surface area contributed by atoms with Crippen molar-refractivity contribution in [3.63, 3.8) is 0 Å². The summed E-state index contributed by atoms with van der Waals surface area (Å²) in [6, 6.07) is 10.9. The van der Waals surface area contributed by atoms with Crippen molar-refractivity contribution in [2.45, 2.75) is 32.7 Å². The number of hydrogen-bond acceptors (Lipinski definition) is 3. The summed E-state index contributed by atoms with van der Waals surface area (Å²) < 4.78 is 0. The van der Waals surface area contributed by atoms with Crippen LogP contribution in [0, 0.1) is 5.92 Å². The molecule has 0 spiro atoms. The van der Waals surface area contributed by atoms with E-state index in [4.69, 9.17) is 4.98 Å². The lowest BCUT2D eigenvalue weighted by atomic mass is 10.0. The zero-order valence-corrected chi connectivity index (χ0v) is 12.7. The molecule has 0 aliphatic rings. The molecule has 1 unspecified atom stereocenters. The molecule has 1 N–H and O–H groups in total. The van der Waals surface area contributed by atoms with Gasteiger partial charge in [0.1, 0.15) is 0 Å². The Morgan fingerprint density at radius 1 is 1.21 bits per heavy atom. The molecule has 0 bridgehead atoms. The topological polar surface area (TPSA) is 24.9 Å². The molecule has 1 aromatic heterocycles. The molecule has 1 heterocycles. The van der Waals surface area contributed by atoms with Gasteiger partial charge >= 0.3 is 0 Å². The number of hydrogen-bond donors (Lipinski definition) is 1. The van der Waals surface area contributed by atoms with Crippen LogP contribution in [-0.4, -0.2) is 18.1 Å². The predicted octanol–water partition coefficient (Wildman–Crippen LogP) is 3.99. The van der Waals surface area contributed by atoms with Gasteiger partial charge in [-0.15, -0.1) is 11.3 Å². The van der Waals surface area contributed by atoms with Crippen LogP contribution in [0.4, 0.5) is 0 Å². The van der Waals surface area contributed by atoms with Crippen molar-refractivity contribution in [2.75, 3.05) is 7.05 Å². The number of nitrogens with one attached hydrogen (secondary N) is 1. The largest absolute Gasteiger partial charge is 0.317 e. The summed E-state index contributed by atoms with van der Waals surface area (Å²) >= 11 is 1.76. The zero-order chi connectivity index (χ0) is 13.7. The van der Waals surface area contributed by atoms with E-state index in [9.17, 15) is 0 Å². The van der Waals surface area contributed by atoms with Gasteiger partial charge in [-0.05, 0) is 19.4 Å². The lowest BCUT2D eigenvalue weighted by molar-refractivity contribution is 0.440. The highest BCUT2D eigenvalue weighted by atomic mass is 32.1. The molecule has 3 heteroatoms. The molecule has 0 saturated carbocycles. The summed E-state index contributed by atoms with van der Waals surface area (Å²) in [5, 5.41) is 6.78. The van der Waals surface area contributed by atoms with E-state index in [1.54, 1.807) is 11.3 Å². The molecule has 0 saturated heterocycles. The molecule has 102 valence electrons. The van der Waals surface area contributed by atoms with Crippen LogP contribution in [0.25, 0.3) is 11.3 Å². The maximum Gasteiger partial charge on any atom is 0.0948 e. The molecule has 1 aromatic carbocycles. The van der Waals surface area contributed by atoms with Crippen LogP contribution < -0.4 is 5.32 Å². The Morgan fingerprint density at radius 2 is 1.95 bits per heavy atom. The fourth-order valence-corrected chi connectivity index (χ4v) is 3.11. The number of aromatic nitrogens is 1. The standard InChI is InChI=1S/C16H22N2S/c1-12(2)9-14(17-3)10-16-18-15(11-19-16)13-7-5-4-6-8-13/h4-8,11-12,14,17H,9-10H2,1-3H3. The normalized spacial score (nSPS) is 12.8. The first-order chi connectivity index (χ1) is 9.19.